The van der Waals surface area contributed by atoms with Gasteiger partial charge in [0.25, 0.3) is 11.5 Å². The third-order valence-corrected chi connectivity index (χ3v) is 3.98. The number of nitrogens with zero attached hydrogens (tertiary/aromatic N) is 2. The summed E-state index contributed by atoms with van der Waals surface area (Å²) >= 11 is 0. The third-order valence-electron chi connectivity index (χ3n) is 3.98. The molecule has 3 aromatic rings. The van der Waals surface area contributed by atoms with Crippen molar-refractivity contribution in [1.29, 1.82) is 0 Å². The van der Waals surface area contributed by atoms with Crippen molar-refractivity contribution in [2.75, 3.05) is 0 Å². The second-order valence-corrected chi connectivity index (χ2v) is 5.57. The highest BCUT2D eigenvalue weighted by Gasteiger charge is 2.27. The second-order valence-electron chi connectivity index (χ2n) is 5.57. The first kappa shape index (κ1) is 12.1. The van der Waals surface area contributed by atoms with Gasteiger partial charge in [-0.3, -0.25) is 14.7 Å². The Hall–Kier alpha value is -2.63. The zero-order chi connectivity index (χ0) is 14.6. The van der Waals surface area contributed by atoms with Gasteiger partial charge in [-0.1, -0.05) is 12.1 Å². The van der Waals surface area contributed by atoms with E-state index in [1.165, 1.54) is 4.52 Å². The van der Waals surface area contributed by atoms with Crippen molar-refractivity contribution in [3.8, 4) is 0 Å². The van der Waals surface area contributed by atoms with Crippen LogP contribution in [0.1, 0.15) is 28.9 Å². The molecule has 1 aliphatic rings. The molecule has 6 heteroatoms. The van der Waals surface area contributed by atoms with Gasteiger partial charge in [0.05, 0.1) is 10.9 Å². The van der Waals surface area contributed by atoms with Crippen LogP contribution in [0.25, 0.3) is 16.6 Å². The molecule has 0 radical (unpaired) electrons. The lowest BCUT2D eigenvalue weighted by Gasteiger charge is -1.99. The summed E-state index contributed by atoms with van der Waals surface area (Å²) in [6.07, 6.45) is 3.03. The first-order valence-electron chi connectivity index (χ1n) is 6.97. The Labute approximate surface area is 119 Å². The van der Waals surface area contributed by atoms with E-state index in [-0.39, 0.29) is 5.56 Å². The SMILES string of the molecule is NC(=O)c1c(CC2CC2)[nH]n2c(=O)c3ccccc3nc12. The van der Waals surface area contributed by atoms with Crippen molar-refractivity contribution < 1.29 is 4.79 Å². The lowest BCUT2D eigenvalue weighted by molar-refractivity contribution is 0.100. The van der Waals surface area contributed by atoms with Gasteiger partial charge in [0.1, 0.15) is 5.56 Å². The quantitative estimate of drug-likeness (QED) is 0.756. The summed E-state index contributed by atoms with van der Waals surface area (Å²) in [5, 5.41) is 3.54. The lowest BCUT2D eigenvalue weighted by atomic mass is 10.1. The molecule has 0 atom stereocenters. The molecule has 2 heterocycles. The number of benzene rings is 1. The predicted octanol–water partition coefficient (Wildman–Crippen LogP) is 1.23. The van der Waals surface area contributed by atoms with E-state index in [4.69, 9.17) is 5.73 Å². The highest BCUT2D eigenvalue weighted by atomic mass is 16.1. The van der Waals surface area contributed by atoms with Crippen LogP contribution in [0, 0.1) is 5.92 Å². The number of para-hydroxylation sites is 1. The summed E-state index contributed by atoms with van der Waals surface area (Å²) in [6.45, 7) is 0. The molecule has 0 aliphatic heterocycles. The normalized spacial score (nSPS) is 14.9. The van der Waals surface area contributed by atoms with Crippen LogP contribution in [-0.4, -0.2) is 20.5 Å². The van der Waals surface area contributed by atoms with E-state index in [2.05, 4.69) is 10.1 Å². The number of rotatable bonds is 3. The molecule has 0 saturated heterocycles. The first-order chi connectivity index (χ1) is 10.1. The number of H-pyrrole nitrogens is 1. The van der Waals surface area contributed by atoms with Gasteiger partial charge in [-0.2, -0.15) is 0 Å². The fourth-order valence-electron chi connectivity index (χ4n) is 2.75. The summed E-state index contributed by atoms with van der Waals surface area (Å²) in [7, 11) is 0. The largest absolute Gasteiger partial charge is 0.365 e. The minimum absolute atomic E-state index is 0.208. The summed E-state index contributed by atoms with van der Waals surface area (Å²) in [5.41, 5.74) is 7.24. The molecule has 0 bridgehead atoms. The number of nitrogens with one attached hydrogen (secondary N) is 1. The molecular weight excluding hydrogens is 268 g/mol. The van der Waals surface area contributed by atoms with Crippen LogP contribution in [0.4, 0.5) is 0 Å². The van der Waals surface area contributed by atoms with E-state index < -0.39 is 5.91 Å². The Morgan fingerprint density at radius 1 is 1.38 bits per heavy atom. The van der Waals surface area contributed by atoms with Gasteiger partial charge in [-0.25, -0.2) is 9.50 Å². The van der Waals surface area contributed by atoms with E-state index >= 15 is 0 Å². The molecule has 3 N–H and O–H groups in total. The van der Waals surface area contributed by atoms with Gasteiger partial charge in [0.15, 0.2) is 5.65 Å². The molecule has 1 amide bonds. The number of hydrogen-bond acceptors (Lipinski definition) is 3. The molecule has 0 spiro atoms. The number of hydrogen-bond donors (Lipinski definition) is 2. The summed E-state index contributed by atoms with van der Waals surface area (Å²) in [6, 6.07) is 7.09. The average Bonchev–Trinajstić information content (AvgIpc) is 3.19. The summed E-state index contributed by atoms with van der Waals surface area (Å²) in [5.74, 6) is 0.0212. The lowest BCUT2D eigenvalue weighted by Crippen LogP contribution is -2.17. The monoisotopic (exact) mass is 282 g/mol. The van der Waals surface area contributed by atoms with Crippen LogP contribution in [0.5, 0.6) is 0 Å². The van der Waals surface area contributed by atoms with Crippen molar-refractivity contribution in [2.24, 2.45) is 11.7 Å². The zero-order valence-corrected chi connectivity index (χ0v) is 11.3. The number of aromatic amines is 1. The van der Waals surface area contributed by atoms with E-state index in [1.54, 1.807) is 18.2 Å². The average molecular weight is 282 g/mol. The van der Waals surface area contributed by atoms with Crippen LogP contribution in [-0.2, 0) is 6.42 Å². The minimum Gasteiger partial charge on any atom is -0.365 e. The molecule has 1 saturated carbocycles. The smallest absolute Gasteiger partial charge is 0.280 e. The molecule has 106 valence electrons. The summed E-state index contributed by atoms with van der Waals surface area (Å²) in [4.78, 5) is 28.7. The van der Waals surface area contributed by atoms with E-state index in [1.807, 2.05) is 6.07 Å². The first-order valence-corrected chi connectivity index (χ1v) is 6.97. The topological polar surface area (TPSA) is 93.3 Å². The van der Waals surface area contributed by atoms with Crippen molar-refractivity contribution in [2.45, 2.75) is 19.3 Å². The Morgan fingerprint density at radius 2 is 2.14 bits per heavy atom. The number of carbonyl (C=O) groups excluding carboxylic acids is 1. The molecular formula is C15H14N4O2. The second kappa shape index (κ2) is 4.18. The standard InChI is InChI=1S/C15H14N4O2/c16-13(20)12-11(7-8-5-6-8)18-19-14(12)17-10-4-2-1-3-9(10)15(19)21/h1-4,8,18H,5-7H2,(H2,16,20). The number of carbonyl (C=O) groups is 1. The van der Waals surface area contributed by atoms with E-state index in [9.17, 15) is 9.59 Å². The molecule has 6 nitrogen and oxygen atoms in total. The van der Waals surface area contributed by atoms with Crippen molar-refractivity contribution in [3.05, 3.63) is 45.9 Å². The fraction of sp³-hybridized carbons (Fsp3) is 0.267. The van der Waals surface area contributed by atoms with Crippen LogP contribution >= 0.6 is 0 Å². The number of fused-ring (bicyclic) bond motifs is 2. The number of amides is 1. The van der Waals surface area contributed by atoms with Gasteiger partial charge in [-0.15, -0.1) is 0 Å². The maximum absolute atomic E-state index is 12.5. The van der Waals surface area contributed by atoms with Gasteiger partial charge >= 0.3 is 0 Å². The molecule has 2 aromatic heterocycles. The third kappa shape index (κ3) is 1.83. The van der Waals surface area contributed by atoms with Gasteiger partial charge < -0.3 is 5.73 Å². The van der Waals surface area contributed by atoms with Crippen molar-refractivity contribution in [3.63, 3.8) is 0 Å². The van der Waals surface area contributed by atoms with Crippen LogP contribution < -0.4 is 11.3 Å². The Morgan fingerprint density at radius 3 is 2.86 bits per heavy atom. The molecule has 21 heavy (non-hydrogen) atoms. The van der Waals surface area contributed by atoms with Gasteiger partial charge in [-0.05, 0) is 37.3 Å². The van der Waals surface area contributed by atoms with Crippen molar-refractivity contribution in [1.82, 2.24) is 14.6 Å². The van der Waals surface area contributed by atoms with E-state index in [0.29, 0.717) is 33.7 Å². The molecule has 1 aromatic carbocycles. The highest BCUT2D eigenvalue weighted by molar-refractivity contribution is 6.00. The van der Waals surface area contributed by atoms with Crippen LogP contribution in [0.2, 0.25) is 0 Å². The van der Waals surface area contributed by atoms with Gasteiger partial charge in [0.2, 0.25) is 0 Å². The van der Waals surface area contributed by atoms with Crippen LogP contribution in [0.15, 0.2) is 29.1 Å². The highest BCUT2D eigenvalue weighted by Crippen LogP contribution is 2.33. The minimum atomic E-state index is -0.549. The van der Waals surface area contributed by atoms with Crippen LogP contribution in [0.3, 0.4) is 0 Å². The number of primary amides is 1. The fourth-order valence-corrected chi connectivity index (χ4v) is 2.75. The summed E-state index contributed by atoms with van der Waals surface area (Å²) < 4.78 is 1.33. The number of aromatic nitrogens is 3. The van der Waals surface area contributed by atoms with Gasteiger partial charge in [0, 0.05) is 5.69 Å². The Bertz CT molecular complexity index is 934. The van der Waals surface area contributed by atoms with E-state index in [0.717, 1.165) is 19.3 Å². The molecule has 1 aliphatic carbocycles. The molecule has 1 fully saturated rings. The maximum Gasteiger partial charge on any atom is 0.280 e. The maximum atomic E-state index is 12.5. The Balaban J connectivity index is 2.09. The number of nitrogens with two attached hydrogens (primary N) is 1. The predicted molar refractivity (Wildman–Crippen MR) is 78.3 cm³/mol. The Kier molecular flexibility index (Phi) is 2.42. The zero-order valence-electron chi connectivity index (χ0n) is 11.3. The molecule has 0 unspecified atom stereocenters. The molecule has 4 rings (SSSR count). The van der Waals surface area contributed by atoms with Crippen molar-refractivity contribution >= 4 is 22.5 Å².